The number of benzene rings is 1. The lowest BCUT2D eigenvalue weighted by Crippen LogP contribution is -2.20. The Bertz CT molecular complexity index is 1060. The van der Waals surface area contributed by atoms with Gasteiger partial charge in [-0.05, 0) is 40.2 Å². The van der Waals surface area contributed by atoms with Gasteiger partial charge in [0.2, 0.25) is 0 Å². The van der Waals surface area contributed by atoms with Crippen LogP contribution in [0.2, 0.25) is 20.1 Å². The van der Waals surface area contributed by atoms with Crippen LogP contribution in [0.15, 0.2) is 35.1 Å². The molecule has 2 N–H and O–H groups in total. The van der Waals surface area contributed by atoms with Gasteiger partial charge in [-0.25, -0.2) is 9.67 Å². The molecule has 0 aliphatic heterocycles. The van der Waals surface area contributed by atoms with Gasteiger partial charge in [0.05, 0.1) is 38.6 Å². The number of amides is 1. The molecule has 11 heteroatoms. The third kappa shape index (κ3) is 4.55. The van der Waals surface area contributed by atoms with Gasteiger partial charge in [-0.2, -0.15) is 5.10 Å². The van der Waals surface area contributed by atoms with Crippen molar-refractivity contribution in [2.45, 2.75) is 6.54 Å². The van der Waals surface area contributed by atoms with Crippen molar-refractivity contribution in [2.24, 2.45) is 0 Å². The number of hydrogen-bond donors (Lipinski definition) is 2. The molecule has 0 saturated carbocycles. The van der Waals surface area contributed by atoms with Gasteiger partial charge >= 0.3 is 0 Å². The van der Waals surface area contributed by atoms with Gasteiger partial charge in [-0.15, -0.1) is 0 Å². The molecule has 2 heterocycles. The lowest BCUT2D eigenvalue weighted by molar-refractivity contribution is 0.0964. The first-order chi connectivity index (χ1) is 13.3. The van der Waals surface area contributed by atoms with Crippen molar-refractivity contribution < 1.29 is 4.79 Å². The van der Waals surface area contributed by atoms with Gasteiger partial charge in [-0.3, -0.25) is 4.79 Å². The minimum Gasteiger partial charge on any atom is -0.378 e. The second-order valence-corrected chi connectivity index (χ2v) is 8.07. The molecular formula is C17H12BrCl4N5O. The Morgan fingerprint density at radius 1 is 1.11 bits per heavy atom. The number of anilines is 1. The highest BCUT2D eigenvalue weighted by Gasteiger charge is 2.17. The average molecular weight is 524 g/mol. The highest BCUT2D eigenvalue weighted by Crippen LogP contribution is 2.31. The van der Waals surface area contributed by atoms with Crippen molar-refractivity contribution in [3.8, 4) is 5.82 Å². The predicted octanol–water partition coefficient (Wildman–Crippen LogP) is 5.62. The molecule has 0 unspecified atom stereocenters. The fourth-order valence-electron chi connectivity index (χ4n) is 2.51. The SMILES string of the molecule is CNC(=O)c1cc(Cl)cc(Cl)c1NCc1cc(Br)nn1-c1ncc(Cl)cc1Cl. The molecule has 0 fully saturated rings. The molecule has 28 heavy (non-hydrogen) atoms. The zero-order valence-corrected chi connectivity index (χ0v) is 18.8. The van der Waals surface area contributed by atoms with E-state index in [9.17, 15) is 4.79 Å². The number of hydrogen-bond acceptors (Lipinski definition) is 4. The van der Waals surface area contributed by atoms with Crippen molar-refractivity contribution in [1.82, 2.24) is 20.1 Å². The molecule has 0 saturated heterocycles. The second kappa shape index (κ2) is 8.88. The predicted molar refractivity (Wildman–Crippen MR) is 116 cm³/mol. The quantitative estimate of drug-likeness (QED) is 0.455. The van der Waals surface area contributed by atoms with Crippen molar-refractivity contribution in [1.29, 1.82) is 0 Å². The summed E-state index contributed by atoms with van der Waals surface area (Å²) in [6.07, 6.45) is 1.48. The largest absolute Gasteiger partial charge is 0.378 e. The fraction of sp³-hybridized carbons (Fsp3) is 0.118. The summed E-state index contributed by atoms with van der Waals surface area (Å²) in [6.45, 7) is 0.282. The lowest BCUT2D eigenvalue weighted by atomic mass is 10.1. The van der Waals surface area contributed by atoms with Crippen LogP contribution in [0.5, 0.6) is 0 Å². The first-order valence-corrected chi connectivity index (χ1v) is 10.1. The number of nitrogens with zero attached hydrogens (tertiary/aromatic N) is 3. The van der Waals surface area contributed by atoms with Gasteiger partial charge in [-0.1, -0.05) is 46.4 Å². The Labute approximate surface area is 189 Å². The molecule has 0 aliphatic rings. The van der Waals surface area contributed by atoms with Crippen LogP contribution in [-0.2, 0) is 6.54 Å². The molecule has 3 rings (SSSR count). The number of rotatable bonds is 5. The number of halogens is 5. The highest BCUT2D eigenvalue weighted by atomic mass is 79.9. The van der Waals surface area contributed by atoms with E-state index in [4.69, 9.17) is 46.4 Å². The monoisotopic (exact) mass is 521 g/mol. The first kappa shape index (κ1) is 21.2. The fourth-order valence-corrected chi connectivity index (χ4v) is 3.95. The van der Waals surface area contributed by atoms with Crippen LogP contribution < -0.4 is 10.6 Å². The summed E-state index contributed by atoms with van der Waals surface area (Å²) < 4.78 is 2.16. The van der Waals surface area contributed by atoms with E-state index >= 15 is 0 Å². The molecule has 0 aliphatic carbocycles. The maximum absolute atomic E-state index is 12.2. The smallest absolute Gasteiger partial charge is 0.253 e. The Morgan fingerprint density at radius 3 is 2.50 bits per heavy atom. The molecule has 2 aromatic heterocycles. The zero-order chi connectivity index (χ0) is 20.4. The number of carbonyl (C=O) groups excluding carboxylic acids is 1. The third-order valence-corrected chi connectivity index (χ3v) is 5.10. The van der Waals surface area contributed by atoms with Gasteiger partial charge in [0.1, 0.15) is 4.60 Å². The van der Waals surface area contributed by atoms with E-state index in [2.05, 4.69) is 36.6 Å². The molecule has 0 bridgehead atoms. The molecule has 1 amide bonds. The molecular weight excluding hydrogens is 512 g/mol. The molecule has 0 radical (unpaired) electrons. The van der Waals surface area contributed by atoms with Crippen LogP contribution in [0.4, 0.5) is 5.69 Å². The molecule has 0 spiro atoms. The minimum atomic E-state index is -0.316. The number of nitrogens with one attached hydrogen (secondary N) is 2. The Morgan fingerprint density at radius 2 is 1.82 bits per heavy atom. The Balaban J connectivity index is 1.96. The van der Waals surface area contributed by atoms with Crippen molar-refractivity contribution in [3.63, 3.8) is 0 Å². The van der Waals surface area contributed by atoms with E-state index in [-0.39, 0.29) is 12.5 Å². The van der Waals surface area contributed by atoms with Crippen LogP contribution in [0.1, 0.15) is 16.1 Å². The van der Waals surface area contributed by atoms with E-state index in [1.165, 1.54) is 13.2 Å². The maximum atomic E-state index is 12.2. The standard InChI is InChI=1S/C17H12BrCl4N5O/c1-23-17(28)11-2-8(19)3-12(21)15(11)24-7-10-5-14(18)26-27(10)16-13(22)4-9(20)6-25-16/h2-6,24H,7H2,1H3,(H,23,28). The van der Waals surface area contributed by atoms with Crippen LogP contribution >= 0.6 is 62.3 Å². The summed E-state index contributed by atoms with van der Waals surface area (Å²) in [5.74, 6) is 0.103. The Hall–Kier alpha value is -1.51. The Kier molecular flexibility index (Phi) is 6.73. The van der Waals surface area contributed by atoms with Crippen LogP contribution in [0, 0.1) is 0 Å². The third-order valence-electron chi connectivity index (χ3n) is 3.72. The van der Waals surface area contributed by atoms with E-state index in [0.717, 1.165) is 5.69 Å². The summed E-state index contributed by atoms with van der Waals surface area (Å²) in [6, 6.07) is 6.48. The summed E-state index contributed by atoms with van der Waals surface area (Å²) in [5.41, 5.74) is 1.50. The van der Waals surface area contributed by atoms with Crippen LogP contribution in [-0.4, -0.2) is 27.7 Å². The number of pyridine rings is 1. The normalized spacial score (nSPS) is 10.8. The van der Waals surface area contributed by atoms with Gasteiger partial charge < -0.3 is 10.6 Å². The van der Waals surface area contributed by atoms with Crippen molar-refractivity contribution in [3.05, 3.63) is 66.4 Å². The number of carbonyl (C=O) groups is 1. The topological polar surface area (TPSA) is 71.8 Å². The number of aromatic nitrogens is 3. The second-order valence-electron chi connectivity index (χ2n) is 5.57. The van der Waals surface area contributed by atoms with Crippen LogP contribution in [0.25, 0.3) is 5.82 Å². The van der Waals surface area contributed by atoms with E-state index in [0.29, 0.717) is 41.8 Å². The van der Waals surface area contributed by atoms with Gasteiger partial charge in [0.25, 0.3) is 5.91 Å². The van der Waals surface area contributed by atoms with E-state index in [1.54, 1.807) is 28.9 Å². The van der Waals surface area contributed by atoms with Crippen molar-refractivity contribution >= 4 is 73.9 Å². The van der Waals surface area contributed by atoms with Gasteiger partial charge in [0, 0.05) is 18.3 Å². The molecule has 3 aromatic rings. The van der Waals surface area contributed by atoms with E-state index < -0.39 is 0 Å². The first-order valence-electron chi connectivity index (χ1n) is 7.81. The maximum Gasteiger partial charge on any atom is 0.253 e. The van der Waals surface area contributed by atoms with E-state index in [1.807, 2.05) is 0 Å². The van der Waals surface area contributed by atoms with Gasteiger partial charge in [0.15, 0.2) is 5.82 Å². The molecule has 146 valence electrons. The summed E-state index contributed by atoms with van der Waals surface area (Å²) in [4.78, 5) is 16.4. The molecule has 0 atom stereocenters. The minimum absolute atomic E-state index is 0.282. The van der Waals surface area contributed by atoms with Crippen molar-refractivity contribution in [2.75, 3.05) is 12.4 Å². The molecule has 6 nitrogen and oxygen atoms in total. The lowest BCUT2D eigenvalue weighted by Gasteiger charge is -2.15. The van der Waals surface area contributed by atoms with Crippen LogP contribution in [0.3, 0.4) is 0 Å². The summed E-state index contributed by atoms with van der Waals surface area (Å²) >= 11 is 27.9. The highest BCUT2D eigenvalue weighted by molar-refractivity contribution is 9.10. The zero-order valence-electron chi connectivity index (χ0n) is 14.2. The average Bonchev–Trinajstić information content (AvgIpc) is 3.00. The summed E-state index contributed by atoms with van der Waals surface area (Å²) in [7, 11) is 1.53. The molecule has 1 aromatic carbocycles. The summed E-state index contributed by atoms with van der Waals surface area (Å²) in [5, 5.41) is 11.5.